The van der Waals surface area contributed by atoms with Crippen molar-refractivity contribution in [1.82, 2.24) is 9.97 Å². The average Bonchev–Trinajstić information content (AvgIpc) is 3.30. The van der Waals surface area contributed by atoms with E-state index in [2.05, 4.69) is 122 Å². The quantitative estimate of drug-likeness (QED) is 0.214. The molecule has 1 aliphatic rings. The molecule has 43 heavy (non-hydrogen) atoms. The zero-order valence-electron chi connectivity index (χ0n) is 24.9. The Morgan fingerprint density at radius 2 is 0.977 bits per heavy atom. The first kappa shape index (κ1) is 26.7. The molecule has 4 nitrogen and oxygen atoms in total. The second-order valence-corrected chi connectivity index (χ2v) is 11.6. The van der Waals surface area contributed by atoms with Gasteiger partial charge in [-0.3, -0.25) is 0 Å². The van der Waals surface area contributed by atoms with E-state index in [1.807, 2.05) is 38.4 Å². The van der Waals surface area contributed by atoms with Gasteiger partial charge in [0.15, 0.2) is 5.82 Å². The van der Waals surface area contributed by atoms with Crippen LogP contribution in [-0.4, -0.2) is 24.1 Å². The van der Waals surface area contributed by atoms with Crippen molar-refractivity contribution in [2.75, 3.05) is 24.7 Å². The minimum atomic E-state index is -0.162. The zero-order valence-corrected chi connectivity index (χ0v) is 24.9. The molecule has 4 heteroatoms. The van der Waals surface area contributed by atoms with Gasteiger partial charge >= 0.3 is 0 Å². The summed E-state index contributed by atoms with van der Waals surface area (Å²) in [5.74, 6) is 0.731. The van der Waals surface area contributed by atoms with E-state index in [0.717, 1.165) is 45.3 Å². The first-order valence-corrected chi connectivity index (χ1v) is 14.8. The fourth-order valence-corrected chi connectivity index (χ4v) is 6.29. The van der Waals surface area contributed by atoms with Gasteiger partial charge in [0.05, 0.1) is 22.8 Å². The van der Waals surface area contributed by atoms with Gasteiger partial charge in [-0.15, -0.1) is 0 Å². The van der Waals surface area contributed by atoms with Crippen LogP contribution in [-0.2, 0) is 5.41 Å². The molecule has 7 rings (SSSR count). The van der Waals surface area contributed by atoms with E-state index in [-0.39, 0.29) is 5.41 Å². The maximum atomic E-state index is 5.08. The molecule has 0 unspecified atom stereocenters. The number of benzene rings is 5. The van der Waals surface area contributed by atoms with Crippen molar-refractivity contribution in [1.29, 1.82) is 0 Å². The molecule has 5 aromatic carbocycles. The molecule has 6 aromatic rings. The molecule has 1 aromatic heterocycles. The van der Waals surface area contributed by atoms with Crippen molar-refractivity contribution in [3.05, 3.63) is 132 Å². The monoisotopic (exact) mass is 558 g/mol. The highest BCUT2D eigenvalue weighted by molar-refractivity contribution is 5.87. The Labute approximate surface area is 253 Å². The summed E-state index contributed by atoms with van der Waals surface area (Å²) < 4.78 is 0. The largest absolute Gasteiger partial charge is 0.386 e. The standard InChI is InChI=1S/C39H34N4/c1-39(2)32-21-27(28-17-20-34(40-3)37(23-28)41-4)15-18-30(32)31-19-16-29(22-33(31)39)36-24-35(25-11-7-5-8-12-25)42-38(43-36)26-13-9-6-10-14-26/h5-24,40-41H,1-4H3. The van der Waals surface area contributed by atoms with E-state index in [1.54, 1.807) is 0 Å². The number of anilines is 2. The van der Waals surface area contributed by atoms with Crippen LogP contribution >= 0.6 is 0 Å². The molecular formula is C39H34N4. The molecule has 0 spiro atoms. The summed E-state index contributed by atoms with van der Waals surface area (Å²) in [7, 11) is 3.91. The van der Waals surface area contributed by atoms with Crippen molar-refractivity contribution < 1.29 is 0 Å². The van der Waals surface area contributed by atoms with Crippen LogP contribution in [0.25, 0.3) is 56.2 Å². The second kappa shape index (κ2) is 10.6. The third-order valence-corrected chi connectivity index (χ3v) is 8.69. The lowest BCUT2D eigenvalue weighted by molar-refractivity contribution is 0.661. The van der Waals surface area contributed by atoms with Crippen molar-refractivity contribution in [3.63, 3.8) is 0 Å². The second-order valence-electron chi connectivity index (χ2n) is 11.6. The van der Waals surface area contributed by atoms with Gasteiger partial charge in [0, 0.05) is 36.2 Å². The van der Waals surface area contributed by atoms with Crippen LogP contribution in [0.4, 0.5) is 11.4 Å². The van der Waals surface area contributed by atoms with Gasteiger partial charge in [-0.1, -0.05) is 105 Å². The highest BCUT2D eigenvalue weighted by atomic mass is 14.9. The predicted octanol–water partition coefficient (Wildman–Crippen LogP) is 9.53. The Hall–Kier alpha value is -5.22. The molecule has 1 aliphatic carbocycles. The van der Waals surface area contributed by atoms with Crippen LogP contribution in [0.5, 0.6) is 0 Å². The minimum absolute atomic E-state index is 0.162. The van der Waals surface area contributed by atoms with E-state index in [9.17, 15) is 0 Å². The van der Waals surface area contributed by atoms with Crippen molar-refractivity contribution >= 4 is 11.4 Å². The van der Waals surface area contributed by atoms with Crippen LogP contribution < -0.4 is 10.6 Å². The highest BCUT2D eigenvalue weighted by Gasteiger charge is 2.36. The van der Waals surface area contributed by atoms with Crippen molar-refractivity contribution in [2.24, 2.45) is 0 Å². The molecule has 210 valence electrons. The van der Waals surface area contributed by atoms with E-state index in [4.69, 9.17) is 9.97 Å². The highest BCUT2D eigenvalue weighted by Crippen LogP contribution is 2.50. The molecule has 0 saturated heterocycles. The van der Waals surface area contributed by atoms with Crippen molar-refractivity contribution in [2.45, 2.75) is 19.3 Å². The third kappa shape index (κ3) is 4.65. The molecule has 0 saturated carbocycles. The Bertz CT molecular complexity index is 1900. The van der Waals surface area contributed by atoms with Crippen LogP contribution in [0.2, 0.25) is 0 Å². The lowest BCUT2D eigenvalue weighted by Crippen LogP contribution is -2.15. The molecule has 0 amide bonds. The summed E-state index contributed by atoms with van der Waals surface area (Å²) in [6, 6.07) is 42.9. The van der Waals surface area contributed by atoms with Crippen LogP contribution in [0.1, 0.15) is 25.0 Å². The normalized spacial score (nSPS) is 12.8. The Balaban J connectivity index is 1.32. The zero-order chi connectivity index (χ0) is 29.6. The number of rotatable bonds is 6. The lowest BCUT2D eigenvalue weighted by atomic mass is 9.81. The molecule has 0 aliphatic heterocycles. The predicted molar refractivity (Wildman–Crippen MR) is 180 cm³/mol. The van der Waals surface area contributed by atoms with Gasteiger partial charge in [0.25, 0.3) is 0 Å². The average molecular weight is 559 g/mol. The van der Waals surface area contributed by atoms with E-state index < -0.39 is 0 Å². The van der Waals surface area contributed by atoms with Gasteiger partial charge < -0.3 is 10.6 Å². The number of hydrogen-bond acceptors (Lipinski definition) is 4. The Kier molecular flexibility index (Phi) is 6.55. The van der Waals surface area contributed by atoms with Crippen LogP contribution in [0, 0.1) is 0 Å². The van der Waals surface area contributed by atoms with Gasteiger partial charge in [-0.05, 0) is 63.7 Å². The van der Waals surface area contributed by atoms with Crippen LogP contribution in [0.15, 0.2) is 121 Å². The van der Waals surface area contributed by atoms with Gasteiger partial charge in [0.1, 0.15) is 0 Å². The number of nitrogens with zero attached hydrogens (tertiary/aromatic N) is 2. The molecule has 0 bridgehead atoms. The fraction of sp³-hybridized carbons (Fsp3) is 0.128. The number of nitrogens with one attached hydrogen (secondary N) is 2. The summed E-state index contributed by atoms with van der Waals surface area (Å²) in [6.07, 6.45) is 0. The first-order valence-electron chi connectivity index (χ1n) is 14.8. The molecule has 0 fully saturated rings. The van der Waals surface area contributed by atoms with Crippen LogP contribution in [0.3, 0.4) is 0 Å². The maximum absolute atomic E-state index is 5.08. The van der Waals surface area contributed by atoms with E-state index in [0.29, 0.717) is 0 Å². The lowest BCUT2D eigenvalue weighted by Gasteiger charge is -2.23. The summed E-state index contributed by atoms with van der Waals surface area (Å²) in [4.78, 5) is 10.1. The van der Waals surface area contributed by atoms with E-state index >= 15 is 0 Å². The summed E-state index contributed by atoms with van der Waals surface area (Å²) in [6.45, 7) is 4.66. The molecular weight excluding hydrogens is 524 g/mol. The summed E-state index contributed by atoms with van der Waals surface area (Å²) >= 11 is 0. The van der Waals surface area contributed by atoms with Gasteiger partial charge in [0.2, 0.25) is 0 Å². The summed E-state index contributed by atoms with van der Waals surface area (Å²) in [5, 5.41) is 6.58. The number of fused-ring (bicyclic) bond motifs is 3. The molecule has 0 atom stereocenters. The first-order chi connectivity index (χ1) is 21.0. The van der Waals surface area contributed by atoms with Crippen molar-refractivity contribution in [3.8, 4) is 56.2 Å². The third-order valence-electron chi connectivity index (χ3n) is 8.69. The summed E-state index contributed by atoms with van der Waals surface area (Å²) in [5.41, 5.74) is 14.7. The Morgan fingerprint density at radius 3 is 1.60 bits per heavy atom. The minimum Gasteiger partial charge on any atom is -0.386 e. The number of hydrogen-bond donors (Lipinski definition) is 2. The van der Waals surface area contributed by atoms with Gasteiger partial charge in [-0.25, -0.2) is 9.97 Å². The van der Waals surface area contributed by atoms with E-state index in [1.165, 1.54) is 33.4 Å². The Morgan fingerprint density at radius 1 is 0.465 bits per heavy atom. The topological polar surface area (TPSA) is 49.8 Å². The molecule has 2 N–H and O–H groups in total. The smallest absolute Gasteiger partial charge is 0.160 e. The molecule has 1 heterocycles. The number of aromatic nitrogens is 2. The SMILES string of the molecule is CNc1ccc(-c2ccc3c(c2)C(C)(C)c2cc(-c4cc(-c5ccccc5)nc(-c5ccccc5)n4)ccc2-3)cc1NC. The maximum Gasteiger partial charge on any atom is 0.160 e. The molecule has 0 radical (unpaired) electrons. The van der Waals surface area contributed by atoms with Gasteiger partial charge in [-0.2, -0.15) is 0 Å². The fourth-order valence-electron chi connectivity index (χ4n) is 6.29.